The summed E-state index contributed by atoms with van der Waals surface area (Å²) in [7, 11) is 1.66. The van der Waals surface area contributed by atoms with Crippen molar-refractivity contribution in [3.05, 3.63) is 0 Å². The fraction of sp³-hybridized carbons (Fsp3) is 1.00. The van der Waals surface area contributed by atoms with Crippen LogP contribution in [0, 0.1) is 0 Å². The van der Waals surface area contributed by atoms with Gasteiger partial charge >= 0.3 is 0 Å². The number of morpholine rings is 1. The molecule has 102 valence electrons. The lowest BCUT2D eigenvalue weighted by Crippen LogP contribution is -2.46. The molecule has 0 aromatic heterocycles. The molecule has 0 saturated carbocycles. The van der Waals surface area contributed by atoms with Crippen LogP contribution in [0.15, 0.2) is 0 Å². The van der Waals surface area contributed by atoms with Crippen molar-refractivity contribution in [3.63, 3.8) is 0 Å². The van der Waals surface area contributed by atoms with Crippen molar-refractivity contribution < 1.29 is 18.9 Å². The Morgan fingerprint density at radius 2 is 1.65 bits per heavy atom. The van der Waals surface area contributed by atoms with Crippen LogP contribution in [0.25, 0.3) is 0 Å². The van der Waals surface area contributed by atoms with Gasteiger partial charge in [-0.15, -0.1) is 0 Å². The van der Waals surface area contributed by atoms with Crippen LogP contribution in [-0.2, 0) is 18.9 Å². The number of nitrogens with zero attached hydrogens (tertiary/aromatic N) is 1. The van der Waals surface area contributed by atoms with Gasteiger partial charge in [-0.25, -0.2) is 5.01 Å². The number of rotatable bonds is 10. The fourth-order valence-corrected chi connectivity index (χ4v) is 1.46. The van der Waals surface area contributed by atoms with E-state index in [1.54, 1.807) is 7.11 Å². The van der Waals surface area contributed by atoms with Crippen molar-refractivity contribution in [3.8, 4) is 0 Å². The van der Waals surface area contributed by atoms with Gasteiger partial charge in [0.15, 0.2) is 0 Å². The van der Waals surface area contributed by atoms with E-state index in [9.17, 15) is 0 Å². The third-order valence-electron chi connectivity index (χ3n) is 2.40. The molecule has 1 rings (SSSR count). The predicted octanol–water partition coefficient (Wildman–Crippen LogP) is -0.497. The Kier molecular flexibility index (Phi) is 9.49. The Morgan fingerprint density at radius 3 is 2.35 bits per heavy atom. The lowest BCUT2D eigenvalue weighted by atomic mass is 10.5. The molecule has 6 nitrogen and oxygen atoms in total. The second-order valence-electron chi connectivity index (χ2n) is 3.73. The number of hydrazine groups is 1. The van der Waals surface area contributed by atoms with Gasteiger partial charge in [-0.05, 0) is 0 Å². The predicted molar refractivity (Wildman–Crippen MR) is 63.9 cm³/mol. The average molecular weight is 248 g/mol. The first-order chi connectivity index (χ1) is 8.43. The Bertz CT molecular complexity index is 166. The highest BCUT2D eigenvalue weighted by Crippen LogP contribution is 1.91. The number of hydrogen-bond donors (Lipinski definition) is 1. The topological polar surface area (TPSA) is 52.2 Å². The number of hydrogen-bond acceptors (Lipinski definition) is 6. The Labute approximate surface area is 103 Å². The minimum absolute atomic E-state index is 0.626. The van der Waals surface area contributed by atoms with Crippen molar-refractivity contribution in [2.45, 2.75) is 0 Å². The van der Waals surface area contributed by atoms with E-state index in [1.165, 1.54) is 0 Å². The van der Waals surface area contributed by atoms with Crippen molar-refractivity contribution >= 4 is 0 Å². The second-order valence-corrected chi connectivity index (χ2v) is 3.73. The molecule has 1 saturated heterocycles. The van der Waals surface area contributed by atoms with Crippen LogP contribution in [0.5, 0.6) is 0 Å². The van der Waals surface area contributed by atoms with Gasteiger partial charge in [0.2, 0.25) is 0 Å². The van der Waals surface area contributed by atoms with Gasteiger partial charge in [-0.2, -0.15) is 0 Å². The quantitative estimate of drug-likeness (QED) is 0.526. The Morgan fingerprint density at radius 1 is 1.00 bits per heavy atom. The Balaban J connectivity index is 1.75. The maximum Gasteiger partial charge on any atom is 0.0701 e. The van der Waals surface area contributed by atoms with E-state index < -0.39 is 0 Å². The molecule has 0 atom stereocenters. The van der Waals surface area contributed by atoms with Crippen LogP contribution in [0.1, 0.15) is 0 Å². The van der Waals surface area contributed by atoms with Crippen molar-refractivity contribution in [1.82, 2.24) is 10.4 Å². The number of methoxy groups -OCH3 is 1. The smallest absolute Gasteiger partial charge is 0.0701 e. The van der Waals surface area contributed by atoms with Crippen LogP contribution < -0.4 is 5.43 Å². The summed E-state index contributed by atoms with van der Waals surface area (Å²) in [4.78, 5) is 0. The molecule has 0 unspecified atom stereocenters. The zero-order valence-corrected chi connectivity index (χ0v) is 10.7. The van der Waals surface area contributed by atoms with Crippen LogP contribution in [-0.4, -0.2) is 78.0 Å². The maximum absolute atomic E-state index is 5.42. The van der Waals surface area contributed by atoms with Gasteiger partial charge in [-0.3, -0.25) is 5.43 Å². The molecule has 0 radical (unpaired) electrons. The van der Waals surface area contributed by atoms with Gasteiger partial charge in [0, 0.05) is 26.7 Å². The number of nitrogens with one attached hydrogen (secondary N) is 1. The summed E-state index contributed by atoms with van der Waals surface area (Å²) in [5.41, 5.74) is 3.30. The molecular weight excluding hydrogens is 224 g/mol. The zero-order valence-electron chi connectivity index (χ0n) is 10.7. The molecule has 0 spiro atoms. The fourth-order valence-electron chi connectivity index (χ4n) is 1.46. The minimum Gasteiger partial charge on any atom is -0.382 e. The van der Waals surface area contributed by atoms with Crippen molar-refractivity contribution in [1.29, 1.82) is 0 Å². The first-order valence-electron chi connectivity index (χ1n) is 6.14. The van der Waals surface area contributed by atoms with Gasteiger partial charge in [0.05, 0.1) is 46.2 Å². The lowest BCUT2D eigenvalue weighted by molar-refractivity contribution is -0.00128. The summed E-state index contributed by atoms with van der Waals surface area (Å²) >= 11 is 0. The SMILES string of the molecule is COCCOCCOCCNN1CCOCC1. The molecule has 17 heavy (non-hydrogen) atoms. The molecule has 1 N–H and O–H groups in total. The van der Waals surface area contributed by atoms with Crippen LogP contribution in [0.3, 0.4) is 0 Å². The van der Waals surface area contributed by atoms with E-state index in [2.05, 4.69) is 10.4 Å². The molecule has 0 aromatic rings. The molecule has 1 fully saturated rings. The molecule has 0 aromatic carbocycles. The highest BCUT2D eigenvalue weighted by molar-refractivity contribution is 4.56. The summed E-state index contributed by atoms with van der Waals surface area (Å²) in [6.07, 6.45) is 0. The molecule has 1 aliphatic heterocycles. The lowest BCUT2D eigenvalue weighted by Gasteiger charge is -2.27. The summed E-state index contributed by atoms with van der Waals surface area (Å²) in [5.74, 6) is 0. The highest BCUT2D eigenvalue weighted by Gasteiger charge is 2.08. The molecule has 0 bridgehead atoms. The average Bonchev–Trinajstić information content (AvgIpc) is 2.38. The molecular formula is C11H24N2O4. The summed E-state index contributed by atoms with van der Waals surface area (Å²) in [5, 5.41) is 2.17. The third kappa shape index (κ3) is 8.48. The first-order valence-corrected chi connectivity index (χ1v) is 6.14. The van der Waals surface area contributed by atoms with Crippen LogP contribution >= 0.6 is 0 Å². The summed E-state index contributed by atoms with van der Waals surface area (Å²) < 4.78 is 20.8. The van der Waals surface area contributed by atoms with Crippen LogP contribution in [0.4, 0.5) is 0 Å². The summed E-state index contributed by atoms with van der Waals surface area (Å²) in [6.45, 7) is 7.56. The highest BCUT2D eigenvalue weighted by atomic mass is 16.5. The molecule has 1 heterocycles. The monoisotopic (exact) mass is 248 g/mol. The zero-order chi connectivity index (χ0) is 12.2. The standard InChI is InChI=1S/C11H24N2O4/c1-14-8-9-17-11-10-15-5-2-12-13-3-6-16-7-4-13/h12H,2-11H2,1H3. The Hall–Kier alpha value is -0.240. The third-order valence-corrected chi connectivity index (χ3v) is 2.40. The van der Waals surface area contributed by atoms with Gasteiger partial charge in [0.25, 0.3) is 0 Å². The molecule has 1 aliphatic rings. The normalized spacial score (nSPS) is 17.5. The van der Waals surface area contributed by atoms with Crippen molar-refractivity contribution in [2.75, 3.05) is 73.0 Å². The minimum atomic E-state index is 0.626. The largest absolute Gasteiger partial charge is 0.382 e. The molecule has 0 aliphatic carbocycles. The van der Waals surface area contributed by atoms with Gasteiger partial charge < -0.3 is 18.9 Å². The first kappa shape index (κ1) is 14.8. The van der Waals surface area contributed by atoms with E-state index in [0.717, 1.165) is 32.8 Å². The van der Waals surface area contributed by atoms with E-state index in [4.69, 9.17) is 18.9 Å². The van der Waals surface area contributed by atoms with Gasteiger partial charge in [-0.1, -0.05) is 0 Å². The van der Waals surface area contributed by atoms with Crippen LogP contribution in [0.2, 0.25) is 0 Å². The van der Waals surface area contributed by atoms with Crippen molar-refractivity contribution in [2.24, 2.45) is 0 Å². The summed E-state index contributed by atoms with van der Waals surface area (Å²) in [6, 6.07) is 0. The number of ether oxygens (including phenoxy) is 4. The molecule has 6 heteroatoms. The van der Waals surface area contributed by atoms with E-state index >= 15 is 0 Å². The molecule has 0 amide bonds. The van der Waals surface area contributed by atoms with E-state index in [0.29, 0.717) is 33.0 Å². The second kappa shape index (κ2) is 10.9. The maximum atomic E-state index is 5.42. The van der Waals surface area contributed by atoms with E-state index in [1.807, 2.05) is 0 Å². The van der Waals surface area contributed by atoms with Gasteiger partial charge in [0.1, 0.15) is 0 Å². The van der Waals surface area contributed by atoms with E-state index in [-0.39, 0.29) is 0 Å².